The van der Waals surface area contributed by atoms with Crippen molar-refractivity contribution in [3.05, 3.63) is 18.0 Å². The molecule has 1 aromatic rings. The van der Waals surface area contributed by atoms with Crippen molar-refractivity contribution in [3.63, 3.8) is 0 Å². The van der Waals surface area contributed by atoms with Crippen LogP contribution in [-0.4, -0.2) is 32.5 Å². The second kappa shape index (κ2) is 5.03. The number of rotatable bonds is 4. The third-order valence-corrected chi connectivity index (χ3v) is 4.18. The molecule has 4 heteroatoms. The summed E-state index contributed by atoms with van der Waals surface area (Å²) in [5, 5.41) is 14.1. The van der Waals surface area contributed by atoms with Gasteiger partial charge in [-0.25, -0.2) is 0 Å². The Balaban J connectivity index is 1.77. The Morgan fingerprint density at radius 1 is 1.73 bits per heavy atom. The van der Waals surface area contributed by atoms with E-state index in [1.807, 2.05) is 35.9 Å². The Morgan fingerprint density at radius 2 is 2.60 bits per heavy atom. The SMILES string of the molecule is Cn1cc(CCC(O)C2CCSC2)cn1. The molecule has 0 aromatic carbocycles. The molecule has 2 rings (SSSR count). The first-order chi connectivity index (χ1) is 7.25. The minimum Gasteiger partial charge on any atom is -0.393 e. The number of hydrogen-bond donors (Lipinski definition) is 1. The van der Waals surface area contributed by atoms with Gasteiger partial charge in [0, 0.05) is 13.2 Å². The van der Waals surface area contributed by atoms with Gasteiger partial charge in [0.1, 0.15) is 0 Å². The van der Waals surface area contributed by atoms with Crippen molar-refractivity contribution in [3.8, 4) is 0 Å². The second-order valence-electron chi connectivity index (χ2n) is 4.25. The maximum Gasteiger partial charge on any atom is 0.0579 e. The summed E-state index contributed by atoms with van der Waals surface area (Å²) in [6.45, 7) is 0. The van der Waals surface area contributed by atoms with Crippen LogP contribution in [0.25, 0.3) is 0 Å². The fraction of sp³-hybridized carbons (Fsp3) is 0.727. The van der Waals surface area contributed by atoms with Gasteiger partial charge in [-0.15, -0.1) is 0 Å². The van der Waals surface area contributed by atoms with E-state index in [1.54, 1.807) is 0 Å². The lowest BCUT2D eigenvalue weighted by molar-refractivity contribution is 0.111. The molecule has 1 aliphatic heterocycles. The number of nitrogens with zero attached hydrogens (tertiary/aromatic N) is 2. The topological polar surface area (TPSA) is 38.0 Å². The van der Waals surface area contributed by atoms with Crippen LogP contribution < -0.4 is 0 Å². The number of hydrogen-bond acceptors (Lipinski definition) is 3. The molecule has 2 atom stereocenters. The van der Waals surface area contributed by atoms with Crippen molar-refractivity contribution < 1.29 is 5.11 Å². The van der Waals surface area contributed by atoms with E-state index in [2.05, 4.69) is 5.10 Å². The van der Waals surface area contributed by atoms with Crippen molar-refractivity contribution in [2.24, 2.45) is 13.0 Å². The molecule has 0 spiro atoms. The summed E-state index contributed by atoms with van der Waals surface area (Å²) in [4.78, 5) is 0. The predicted molar refractivity (Wildman–Crippen MR) is 63.0 cm³/mol. The zero-order chi connectivity index (χ0) is 10.7. The van der Waals surface area contributed by atoms with Crippen LogP contribution >= 0.6 is 11.8 Å². The van der Waals surface area contributed by atoms with E-state index in [0.717, 1.165) is 18.6 Å². The lowest BCUT2D eigenvalue weighted by atomic mass is 9.97. The fourth-order valence-electron chi connectivity index (χ4n) is 2.01. The Bertz CT molecular complexity index is 307. The predicted octanol–water partition coefficient (Wildman–Crippen LogP) is 1.47. The molecular weight excluding hydrogens is 208 g/mol. The highest BCUT2D eigenvalue weighted by atomic mass is 32.2. The normalized spacial score (nSPS) is 23.2. The van der Waals surface area contributed by atoms with Crippen LogP contribution in [0.15, 0.2) is 12.4 Å². The molecule has 1 fully saturated rings. The van der Waals surface area contributed by atoms with Gasteiger partial charge in [0.2, 0.25) is 0 Å². The van der Waals surface area contributed by atoms with E-state index in [0.29, 0.717) is 5.92 Å². The van der Waals surface area contributed by atoms with Gasteiger partial charge in [0.15, 0.2) is 0 Å². The maximum absolute atomic E-state index is 9.98. The van der Waals surface area contributed by atoms with E-state index < -0.39 is 0 Å². The maximum atomic E-state index is 9.98. The Morgan fingerprint density at radius 3 is 3.20 bits per heavy atom. The van der Waals surface area contributed by atoms with E-state index >= 15 is 0 Å². The average Bonchev–Trinajstić information content (AvgIpc) is 2.84. The van der Waals surface area contributed by atoms with Gasteiger partial charge in [-0.05, 0) is 42.2 Å². The number of aryl methyl sites for hydroxylation is 2. The smallest absolute Gasteiger partial charge is 0.0579 e. The van der Waals surface area contributed by atoms with Gasteiger partial charge in [-0.3, -0.25) is 4.68 Å². The summed E-state index contributed by atoms with van der Waals surface area (Å²) in [6.07, 6.45) is 6.78. The van der Waals surface area contributed by atoms with Crippen LogP contribution in [0.2, 0.25) is 0 Å². The Hall–Kier alpha value is -0.480. The number of aliphatic hydroxyl groups is 1. The fourth-order valence-corrected chi connectivity index (χ4v) is 3.34. The largest absolute Gasteiger partial charge is 0.393 e. The highest BCUT2D eigenvalue weighted by Gasteiger charge is 2.23. The van der Waals surface area contributed by atoms with Crippen LogP contribution in [0.4, 0.5) is 0 Å². The van der Waals surface area contributed by atoms with Crippen molar-refractivity contribution in [2.45, 2.75) is 25.4 Å². The van der Waals surface area contributed by atoms with E-state index in [9.17, 15) is 5.11 Å². The highest BCUT2D eigenvalue weighted by molar-refractivity contribution is 7.99. The van der Waals surface area contributed by atoms with Crippen LogP contribution in [0, 0.1) is 5.92 Å². The minimum atomic E-state index is -0.125. The molecule has 1 aliphatic rings. The molecule has 1 saturated heterocycles. The molecular formula is C11H18N2OS. The first-order valence-corrected chi connectivity index (χ1v) is 6.64. The van der Waals surface area contributed by atoms with Crippen molar-refractivity contribution >= 4 is 11.8 Å². The third-order valence-electron chi connectivity index (χ3n) is 3.00. The lowest BCUT2D eigenvalue weighted by Gasteiger charge is -2.16. The first-order valence-electron chi connectivity index (χ1n) is 5.49. The standard InChI is InChI=1S/C11H18N2OS/c1-13-7-9(6-12-13)2-3-11(14)10-4-5-15-8-10/h6-7,10-11,14H,2-5,8H2,1H3. The number of aliphatic hydroxyl groups excluding tert-OH is 1. The molecule has 1 aromatic heterocycles. The van der Waals surface area contributed by atoms with E-state index in [-0.39, 0.29) is 6.10 Å². The lowest BCUT2D eigenvalue weighted by Crippen LogP contribution is -2.20. The molecule has 84 valence electrons. The van der Waals surface area contributed by atoms with Gasteiger partial charge < -0.3 is 5.11 Å². The summed E-state index contributed by atoms with van der Waals surface area (Å²) in [6, 6.07) is 0. The molecule has 0 saturated carbocycles. The van der Waals surface area contributed by atoms with Crippen molar-refractivity contribution in [1.82, 2.24) is 9.78 Å². The highest BCUT2D eigenvalue weighted by Crippen LogP contribution is 2.27. The summed E-state index contributed by atoms with van der Waals surface area (Å²) < 4.78 is 1.81. The average molecular weight is 226 g/mol. The van der Waals surface area contributed by atoms with Gasteiger partial charge in [-0.2, -0.15) is 16.9 Å². The van der Waals surface area contributed by atoms with Gasteiger partial charge in [-0.1, -0.05) is 0 Å². The summed E-state index contributed by atoms with van der Waals surface area (Å²) >= 11 is 1.96. The van der Waals surface area contributed by atoms with Crippen LogP contribution in [0.3, 0.4) is 0 Å². The Kier molecular flexibility index (Phi) is 3.70. The molecule has 3 nitrogen and oxygen atoms in total. The van der Waals surface area contributed by atoms with Gasteiger partial charge in [0.05, 0.1) is 12.3 Å². The minimum absolute atomic E-state index is 0.125. The molecule has 1 N–H and O–H groups in total. The molecule has 0 bridgehead atoms. The molecule has 0 radical (unpaired) electrons. The molecule has 2 heterocycles. The second-order valence-corrected chi connectivity index (χ2v) is 5.40. The third kappa shape index (κ3) is 2.98. The van der Waals surface area contributed by atoms with E-state index in [1.165, 1.54) is 17.7 Å². The summed E-state index contributed by atoms with van der Waals surface area (Å²) in [5.41, 5.74) is 1.22. The van der Waals surface area contributed by atoms with Gasteiger partial charge >= 0.3 is 0 Å². The van der Waals surface area contributed by atoms with Gasteiger partial charge in [0.25, 0.3) is 0 Å². The molecule has 15 heavy (non-hydrogen) atoms. The van der Waals surface area contributed by atoms with Crippen molar-refractivity contribution in [2.75, 3.05) is 11.5 Å². The molecule has 0 amide bonds. The zero-order valence-electron chi connectivity index (χ0n) is 9.09. The summed E-state index contributed by atoms with van der Waals surface area (Å²) in [7, 11) is 1.92. The Labute approximate surface area is 94.9 Å². The number of thioether (sulfide) groups is 1. The summed E-state index contributed by atoms with van der Waals surface area (Å²) in [5.74, 6) is 2.87. The number of aromatic nitrogens is 2. The van der Waals surface area contributed by atoms with Crippen molar-refractivity contribution in [1.29, 1.82) is 0 Å². The quantitative estimate of drug-likeness (QED) is 0.845. The van der Waals surface area contributed by atoms with Crippen LogP contribution in [0.5, 0.6) is 0 Å². The zero-order valence-corrected chi connectivity index (χ0v) is 9.91. The van der Waals surface area contributed by atoms with Crippen LogP contribution in [-0.2, 0) is 13.5 Å². The molecule has 2 unspecified atom stereocenters. The first kappa shape index (κ1) is 11.0. The van der Waals surface area contributed by atoms with E-state index in [4.69, 9.17) is 0 Å². The monoisotopic (exact) mass is 226 g/mol. The van der Waals surface area contributed by atoms with Crippen LogP contribution in [0.1, 0.15) is 18.4 Å². The molecule has 0 aliphatic carbocycles.